The normalized spacial score (nSPS) is 19.0. The lowest BCUT2D eigenvalue weighted by molar-refractivity contribution is 0.150. The summed E-state index contributed by atoms with van der Waals surface area (Å²) >= 11 is 3.47. The van der Waals surface area contributed by atoms with Crippen molar-refractivity contribution in [2.75, 3.05) is 32.0 Å². The third kappa shape index (κ3) is 4.42. The largest absolute Gasteiger partial charge is 0.369 e. The molecule has 20 heavy (non-hydrogen) atoms. The van der Waals surface area contributed by atoms with Crippen molar-refractivity contribution in [3.63, 3.8) is 0 Å². The highest BCUT2D eigenvalue weighted by molar-refractivity contribution is 9.10. The van der Waals surface area contributed by atoms with Crippen LogP contribution in [0.2, 0.25) is 0 Å². The van der Waals surface area contributed by atoms with Gasteiger partial charge in [0.05, 0.1) is 0 Å². The molecule has 0 atom stereocenters. The van der Waals surface area contributed by atoms with E-state index in [1.807, 2.05) is 6.07 Å². The number of anilines is 1. The van der Waals surface area contributed by atoms with Crippen LogP contribution in [-0.4, -0.2) is 41.5 Å². The number of nitrogens with one attached hydrogen (secondary N) is 1. The fourth-order valence-corrected chi connectivity index (χ4v) is 2.95. The molecule has 1 saturated heterocycles. The number of aromatic nitrogens is 2. The lowest BCUT2D eigenvalue weighted by Crippen LogP contribution is -2.40. The minimum absolute atomic E-state index is 0.370. The second-order valence-corrected chi connectivity index (χ2v) is 7.02. The average molecular weight is 341 g/mol. The molecule has 1 fully saturated rings. The molecule has 1 aromatic heterocycles. The molecule has 1 aliphatic rings. The Balaban J connectivity index is 1.96. The Morgan fingerprint density at radius 2 is 2.05 bits per heavy atom. The topological polar surface area (TPSA) is 41.1 Å². The van der Waals surface area contributed by atoms with Crippen LogP contribution in [0.5, 0.6) is 0 Å². The van der Waals surface area contributed by atoms with E-state index >= 15 is 0 Å². The van der Waals surface area contributed by atoms with E-state index in [0.29, 0.717) is 5.41 Å². The number of hydrogen-bond donors (Lipinski definition) is 1. The molecule has 0 aliphatic carbocycles. The van der Waals surface area contributed by atoms with Crippen LogP contribution in [0.4, 0.5) is 5.82 Å². The molecule has 112 valence electrons. The van der Waals surface area contributed by atoms with Crippen molar-refractivity contribution < 1.29 is 0 Å². The molecule has 1 aliphatic heterocycles. The zero-order valence-electron chi connectivity index (χ0n) is 12.7. The zero-order chi connectivity index (χ0) is 14.6. The summed E-state index contributed by atoms with van der Waals surface area (Å²) in [7, 11) is 2.20. The zero-order valence-corrected chi connectivity index (χ0v) is 14.3. The van der Waals surface area contributed by atoms with Crippen LogP contribution in [0.15, 0.2) is 10.7 Å². The highest BCUT2D eigenvalue weighted by Crippen LogP contribution is 2.30. The summed E-state index contributed by atoms with van der Waals surface area (Å²) in [5.74, 6) is 1.85. The van der Waals surface area contributed by atoms with Gasteiger partial charge < -0.3 is 10.2 Å². The maximum absolute atomic E-state index is 4.59. The number of nitrogens with zero attached hydrogens (tertiary/aromatic N) is 3. The molecule has 0 radical (unpaired) electrons. The highest BCUT2D eigenvalue weighted by atomic mass is 79.9. The van der Waals surface area contributed by atoms with Crippen molar-refractivity contribution in [1.29, 1.82) is 0 Å². The SMILES string of the molecule is CCCc1nc(Br)cc(NCC2(C)CCN(C)CC2)n1. The van der Waals surface area contributed by atoms with E-state index in [1.165, 1.54) is 25.9 Å². The lowest BCUT2D eigenvalue weighted by atomic mass is 9.80. The van der Waals surface area contributed by atoms with E-state index in [4.69, 9.17) is 0 Å². The second-order valence-electron chi connectivity index (χ2n) is 6.21. The Labute approximate surface area is 130 Å². The molecule has 0 spiro atoms. The number of piperidine rings is 1. The van der Waals surface area contributed by atoms with Crippen LogP contribution in [0, 0.1) is 5.41 Å². The first-order valence-corrected chi connectivity index (χ1v) is 8.26. The second kappa shape index (κ2) is 6.85. The van der Waals surface area contributed by atoms with Crippen LogP contribution >= 0.6 is 15.9 Å². The molecule has 0 bridgehead atoms. The number of rotatable bonds is 5. The molecule has 2 heterocycles. The first kappa shape index (κ1) is 15.7. The summed E-state index contributed by atoms with van der Waals surface area (Å²) in [6.07, 6.45) is 4.48. The van der Waals surface area contributed by atoms with E-state index in [-0.39, 0.29) is 0 Å². The van der Waals surface area contributed by atoms with Gasteiger partial charge in [-0.3, -0.25) is 0 Å². The van der Waals surface area contributed by atoms with Crippen molar-refractivity contribution in [3.8, 4) is 0 Å². The monoisotopic (exact) mass is 340 g/mol. The van der Waals surface area contributed by atoms with Gasteiger partial charge in [-0.05, 0) is 60.7 Å². The predicted molar refractivity (Wildman–Crippen MR) is 87.1 cm³/mol. The minimum Gasteiger partial charge on any atom is -0.369 e. The van der Waals surface area contributed by atoms with E-state index in [1.54, 1.807) is 0 Å². The maximum Gasteiger partial charge on any atom is 0.132 e. The molecule has 2 rings (SSSR count). The van der Waals surface area contributed by atoms with E-state index in [0.717, 1.165) is 35.6 Å². The molecule has 1 aromatic rings. The number of aryl methyl sites for hydroxylation is 1. The van der Waals surface area contributed by atoms with Crippen molar-refractivity contribution >= 4 is 21.7 Å². The summed E-state index contributed by atoms with van der Waals surface area (Å²) in [6, 6.07) is 1.97. The quantitative estimate of drug-likeness (QED) is 0.834. The Bertz CT molecular complexity index is 441. The van der Waals surface area contributed by atoms with Crippen molar-refractivity contribution in [2.24, 2.45) is 5.41 Å². The minimum atomic E-state index is 0.370. The Morgan fingerprint density at radius 1 is 1.35 bits per heavy atom. The first-order chi connectivity index (χ1) is 9.50. The van der Waals surface area contributed by atoms with Gasteiger partial charge in [-0.25, -0.2) is 9.97 Å². The van der Waals surface area contributed by atoms with Gasteiger partial charge >= 0.3 is 0 Å². The van der Waals surface area contributed by atoms with Crippen LogP contribution in [0.1, 0.15) is 38.9 Å². The van der Waals surface area contributed by atoms with Gasteiger partial charge in [0, 0.05) is 19.0 Å². The third-order valence-corrected chi connectivity index (χ3v) is 4.51. The van der Waals surface area contributed by atoms with E-state index in [9.17, 15) is 0 Å². The molecular weight excluding hydrogens is 316 g/mol. The van der Waals surface area contributed by atoms with Gasteiger partial charge in [-0.2, -0.15) is 0 Å². The molecule has 1 N–H and O–H groups in total. The summed E-state index contributed by atoms with van der Waals surface area (Å²) < 4.78 is 0.868. The van der Waals surface area contributed by atoms with Crippen molar-refractivity contribution in [1.82, 2.24) is 14.9 Å². The number of hydrogen-bond acceptors (Lipinski definition) is 4. The molecule has 4 nitrogen and oxygen atoms in total. The highest BCUT2D eigenvalue weighted by Gasteiger charge is 2.28. The van der Waals surface area contributed by atoms with Gasteiger partial charge in [0.2, 0.25) is 0 Å². The van der Waals surface area contributed by atoms with Gasteiger partial charge in [-0.1, -0.05) is 13.8 Å². The lowest BCUT2D eigenvalue weighted by Gasteiger charge is -2.38. The molecule has 0 unspecified atom stereocenters. The van der Waals surface area contributed by atoms with Crippen molar-refractivity contribution in [3.05, 3.63) is 16.5 Å². The number of halogens is 1. The summed E-state index contributed by atoms with van der Waals surface area (Å²) in [6.45, 7) is 7.88. The fraction of sp³-hybridized carbons (Fsp3) is 0.733. The van der Waals surface area contributed by atoms with Gasteiger partial charge in [0.15, 0.2) is 0 Å². The molecule has 0 amide bonds. The van der Waals surface area contributed by atoms with Gasteiger partial charge in [-0.15, -0.1) is 0 Å². The van der Waals surface area contributed by atoms with Gasteiger partial charge in [0.25, 0.3) is 0 Å². The van der Waals surface area contributed by atoms with Crippen LogP contribution < -0.4 is 5.32 Å². The Kier molecular flexibility index (Phi) is 5.38. The fourth-order valence-electron chi connectivity index (χ4n) is 2.53. The average Bonchev–Trinajstić information content (AvgIpc) is 2.40. The van der Waals surface area contributed by atoms with Crippen molar-refractivity contribution in [2.45, 2.75) is 39.5 Å². The van der Waals surface area contributed by atoms with Crippen LogP contribution in [-0.2, 0) is 6.42 Å². The predicted octanol–water partition coefficient (Wildman–Crippen LogP) is 3.34. The molecule has 5 heteroatoms. The Morgan fingerprint density at radius 3 is 2.70 bits per heavy atom. The van der Waals surface area contributed by atoms with E-state index in [2.05, 4.69) is 57.0 Å². The summed E-state index contributed by atoms with van der Waals surface area (Å²) in [4.78, 5) is 11.4. The smallest absolute Gasteiger partial charge is 0.132 e. The third-order valence-electron chi connectivity index (χ3n) is 4.11. The van der Waals surface area contributed by atoms with Crippen LogP contribution in [0.25, 0.3) is 0 Å². The number of likely N-dealkylation sites (tertiary alicyclic amines) is 1. The summed E-state index contributed by atoms with van der Waals surface area (Å²) in [5, 5.41) is 3.51. The van der Waals surface area contributed by atoms with Crippen LogP contribution in [0.3, 0.4) is 0 Å². The first-order valence-electron chi connectivity index (χ1n) is 7.47. The molecular formula is C15H25BrN4. The maximum atomic E-state index is 4.59. The van der Waals surface area contributed by atoms with Gasteiger partial charge in [0.1, 0.15) is 16.2 Å². The Hall–Kier alpha value is -0.680. The molecule has 0 aromatic carbocycles. The van der Waals surface area contributed by atoms with E-state index < -0.39 is 0 Å². The molecule has 0 saturated carbocycles. The summed E-state index contributed by atoms with van der Waals surface area (Å²) in [5.41, 5.74) is 0.370. The standard InChI is InChI=1S/C15H25BrN4/c1-4-5-13-18-12(16)10-14(19-13)17-11-15(2)6-8-20(3)9-7-15/h10H,4-9,11H2,1-3H3,(H,17,18,19).